The van der Waals surface area contributed by atoms with E-state index in [2.05, 4.69) is 5.32 Å². The number of piperidine rings is 1. The molecule has 7 aliphatic heterocycles. The number of phenols is 1. The van der Waals surface area contributed by atoms with Gasteiger partial charge in [0.15, 0.2) is 22.4 Å². The van der Waals surface area contributed by atoms with E-state index in [0.29, 0.717) is 31.6 Å². The molecule has 342 valence electrons. The molecule has 2 saturated heterocycles. The van der Waals surface area contributed by atoms with Gasteiger partial charge in [-0.25, -0.2) is 4.98 Å². The average Bonchev–Trinajstić information content (AvgIpc) is 3.54. The summed E-state index contributed by atoms with van der Waals surface area (Å²) in [7, 11) is 1.47. The van der Waals surface area contributed by atoms with Crippen LogP contribution in [0.25, 0.3) is 38.7 Å². The minimum absolute atomic E-state index is 0.00899. The monoisotopic (exact) mass is 883 g/mol. The largest absolute Gasteiger partial charge is 0.507 e. The molecule has 10 atom stereocenters. The summed E-state index contributed by atoms with van der Waals surface area (Å²) in [6.07, 6.45) is 5.36. The van der Waals surface area contributed by atoms with Gasteiger partial charge in [-0.3, -0.25) is 14.4 Å². The van der Waals surface area contributed by atoms with Crippen LogP contribution in [-0.4, -0.2) is 98.5 Å². The summed E-state index contributed by atoms with van der Waals surface area (Å²) in [5.41, 5.74) is -2.19. The van der Waals surface area contributed by atoms with Crippen molar-refractivity contribution in [2.75, 3.05) is 30.4 Å². The Kier molecular flexibility index (Phi) is 11.6. The number of fused-ring (bicyclic) bond motifs is 1. The molecule has 0 aliphatic carbocycles. The molecule has 4 aromatic rings. The lowest BCUT2D eigenvalue weighted by molar-refractivity contribution is -0.251. The zero-order valence-electron chi connectivity index (χ0n) is 37.5. The highest BCUT2D eigenvalue weighted by atomic mass is 16.7. The molecule has 0 saturated carbocycles. The summed E-state index contributed by atoms with van der Waals surface area (Å²) in [5, 5.41) is 59.3. The van der Waals surface area contributed by atoms with Crippen LogP contribution in [-0.2, 0) is 19.0 Å². The first-order valence-corrected chi connectivity index (χ1v) is 21.8. The molecule has 3 aromatic carbocycles. The molecular weight excluding hydrogens is 827 g/mol. The quantitative estimate of drug-likeness (QED) is 0.118. The molecule has 11 rings (SSSR count). The van der Waals surface area contributed by atoms with Crippen molar-refractivity contribution in [3.05, 3.63) is 79.5 Å². The number of aliphatic hydroxyl groups is 4. The highest BCUT2D eigenvalue weighted by molar-refractivity contribution is 6.16. The molecular formula is C48H57N3O13. The highest BCUT2D eigenvalue weighted by Gasteiger charge is 2.52. The van der Waals surface area contributed by atoms with Gasteiger partial charge in [0.1, 0.15) is 22.7 Å². The SMILES string of the molecule is CO[C@H]1/C=C/O[C@@]2(C)Oc3c(C)c(O)c4c(=O)c(c5oc6cc(N7CCC(O)CC7)cc(=O)c6nc5c4c3=C2O)NC(=O)/C(C)=C\C=C\[C@]2(C)O[C@H]([C@@H](C)[C@@H](O)[C@@H](C)[C@H](O)[C@@H]1C)[C@H]2C. The van der Waals surface area contributed by atoms with E-state index in [1.807, 2.05) is 31.7 Å². The van der Waals surface area contributed by atoms with E-state index in [4.69, 9.17) is 28.3 Å². The summed E-state index contributed by atoms with van der Waals surface area (Å²) in [6.45, 7) is 14.8. The number of anilines is 2. The number of hydrogen-bond acceptors (Lipinski definition) is 15. The fourth-order valence-electron chi connectivity index (χ4n) is 9.71. The first-order valence-electron chi connectivity index (χ1n) is 21.8. The molecule has 0 spiro atoms. The number of hydrogen-bond donors (Lipinski definition) is 6. The Bertz CT molecular complexity index is 2830. The van der Waals surface area contributed by atoms with Gasteiger partial charge >= 0.3 is 5.79 Å². The van der Waals surface area contributed by atoms with Crippen molar-refractivity contribution in [1.29, 1.82) is 0 Å². The van der Waals surface area contributed by atoms with Crippen molar-refractivity contribution >= 4 is 56.0 Å². The molecule has 16 heteroatoms. The Morgan fingerprint density at radius 2 is 1.61 bits per heavy atom. The van der Waals surface area contributed by atoms with E-state index in [9.17, 15) is 39.9 Å². The molecule has 16 nitrogen and oxygen atoms in total. The molecule has 64 heavy (non-hydrogen) atoms. The first-order chi connectivity index (χ1) is 30.2. The van der Waals surface area contributed by atoms with Crippen LogP contribution >= 0.6 is 0 Å². The van der Waals surface area contributed by atoms with Crippen LogP contribution in [0, 0.1) is 30.6 Å². The molecule has 6 N–H and O–H groups in total. The number of aliphatic hydroxyl groups excluding tert-OH is 4. The van der Waals surface area contributed by atoms with Crippen LogP contribution in [0.15, 0.2) is 62.3 Å². The zero-order valence-corrected chi connectivity index (χ0v) is 37.5. The van der Waals surface area contributed by atoms with Gasteiger partial charge in [0.05, 0.1) is 53.0 Å². The number of benzene rings is 3. The molecule has 2 fully saturated rings. The number of nitrogens with one attached hydrogen (secondary N) is 1. The first kappa shape index (κ1) is 45.1. The topological polar surface area (TPSA) is 231 Å². The lowest BCUT2D eigenvalue weighted by Gasteiger charge is -2.54. The number of nitrogens with zero attached hydrogens (tertiary/aromatic N) is 2. The fourth-order valence-corrected chi connectivity index (χ4v) is 9.71. The molecule has 0 unspecified atom stereocenters. The van der Waals surface area contributed by atoms with Gasteiger partial charge < -0.3 is 59.1 Å². The number of aromatic nitrogens is 1. The predicted octanol–water partition coefficient (Wildman–Crippen LogP) is 4.75. The maximum atomic E-state index is 14.8. The van der Waals surface area contributed by atoms with E-state index in [1.54, 1.807) is 45.1 Å². The van der Waals surface area contributed by atoms with E-state index in [1.165, 1.54) is 33.3 Å². The second-order valence-electron chi connectivity index (χ2n) is 18.4. The Balaban J connectivity index is 1.35. The van der Waals surface area contributed by atoms with Crippen LogP contribution in [0.1, 0.15) is 66.9 Å². The number of carbonyl (C=O) groups excluding carboxylic acids is 1. The van der Waals surface area contributed by atoms with Crippen molar-refractivity contribution in [2.45, 2.75) is 110 Å². The van der Waals surface area contributed by atoms with Gasteiger partial charge in [-0.1, -0.05) is 45.9 Å². The Labute approximate surface area is 369 Å². The van der Waals surface area contributed by atoms with Crippen LogP contribution in [0.3, 0.4) is 0 Å². The van der Waals surface area contributed by atoms with Crippen LogP contribution in [0.4, 0.5) is 11.4 Å². The van der Waals surface area contributed by atoms with Crippen LogP contribution in [0.2, 0.25) is 0 Å². The highest BCUT2D eigenvalue weighted by Crippen LogP contribution is 2.46. The number of allylic oxidation sites excluding steroid dienone is 2. The van der Waals surface area contributed by atoms with Gasteiger partial charge in [-0.05, 0) is 39.7 Å². The van der Waals surface area contributed by atoms with E-state index in [0.717, 1.165) is 0 Å². The summed E-state index contributed by atoms with van der Waals surface area (Å²) in [4.78, 5) is 49.4. The van der Waals surface area contributed by atoms with Crippen molar-refractivity contribution in [3.8, 4) is 11.5 Å². The van der Waals surface area contributed by atoms with Crippen molar-refractivity contribution in [3.63, 3.8) is 0 Å². The number of methoxy groups -OCH3 is 1. The third-order valence-electron chi connectivity index (χ3n) is 14.2. The lowest BCUT2D eigenvalue weighted by atomic mass is 9.70. The number of carbonyl (C=O) groups is 1. The average molecular weight is 884 g/mol. The maximum absolute atomic E-state index is 14.8. The number of phenolic OH excluding ortho intramolecular Hbond substituents is 1. The van der Waals surface area contributed by atoms with Crippen molar-refractivity contribution in [1.82, 2.24) is 4.98 Å². The second kappa shape index (κ2) is 16.5. The standard InChI is InChI=1S/C48H57N3O13/c1-21-11-10-15-47(7)26(6)42(63-47)24(4)39(55)23(3)38(54)22(2)30(60-9)14-18-61-48(8)45(58)34-32-33(40(56)25(5)43(34)64-48)41(57)37(50-46(21)59)44-36(32)49-35-29(53)19-27(20-31(35)62-44)51-16-12-28(52)13-17-51/h10-11,14-15,18-20,22-24,26,28,30,38-39,42,52,54-56,58H,12-13,16-17H2,1-9H3,(H,50,59)/b15-10+,18-14+,21-11-/t22-,23+,24+,26-,30+,38-,39+,42-,47+,48+/m1/s1. The second-order valence-corrected chi connectivity index (χ2v) is 18.4. The van der Waals surface area contributed by atoms with E-state index >= 15 is 0 Å². The predicted molar refractivity (Wildman–Crippen MR) is 240 cm³/mol. The number of amides is 1. The van der Waals surface area contributed by atoms with Crippen LogP contribution in [0.5, 0.6) is 11.5 Å². The Morgan fingerprint density at radius 3 is 2.28 bits per heavy atom. The van der Waals surface area contributed by atoms with Gasteiger partial charge in [0.25, 0.3) is 5.91 Å². The van der Waals surface area contributed by atoms with Gasteiger partial charge in [0, 0.05) is 85.1 Å². The lowest BCUT2D eigenvalue weighted by Crippen LogP contribution is -2.60. The fraction of sp³-hybridized carbons (Fsp3) is 0.500. The van der Waals surface area contributed by atoms with E-state index < -0.39 is 75.9 Å². The summed E-state index contributed by atoms with van der Waals surface area (Å²) in [6, 6.07) is 3.03. The number of ether oxygens (including phenoxy) is 4. The molecule has 7 aliphatic rings. The normalized spacial score (nSPS) is 33.6. The van der Waals surface area contributed by atoms with Gasteiger partial charge in [-0.15, -0.1) is 0 Å². The summed E-state index contributed by atoms with van der Waals surface area (Å²) < 4.78 is 30.9. The number of aromatic hydroxyl groups is 1. The summed E-state index contributed by atoms with van der Waals surface area (Å²) >= 11 is 0. The molecule has 1 aromatic heterocycles. The van der Waals surface area contributed by atoms with Crippen LogP contribution < -0.4 is 31.0 Å². The molecule has 7 bridgehead atoms. The molecule has 0 radical (unpaired) electrons. The van der Waals surface area contributed by atoms with Crippen molar-refractivity contribution in [2.24, 2.45) is 23.7 Å². The van der Waals surface area contributed by atoms with E-state index in [-0.39, 0.29) is 78.7 Å². The maximum Gasteiger partial charge on any atom is 0.307 e. The smallest absolute Gasteiger partial charge is 0.307 e. The third-order valence-corrected chi connectivity index (χ3v) is 14.2. The number of rotatable bonds is 2. The Morgan fingerprint density at radius 1 is 0.922 bits per heavy atom. The minimum atomic E-state index is -1.95. The minimum Gasteiger partial charge on any atom is -0.507 e. The van der Waals surface area contributed by atoms with Gasteiger partial charge in [0.2, 0.25) is 10.9 Å². The van der Waals surface area contributed by atoms with Crippen molar-refractivity contribution < 1.29 is 53.7 Å². The van der Waals surface area contributed by atoms with Gasteiger partial charge in [-0.2, -0.15) is 0 Å². The molecule has 1 amide bonds. The third kappa shape index (κ3) is 7.28. The zero-order chi connectivity index (χ0) is 46.3. The Hall–Kier alpha value is -5.52. The molecule has 8 heterocycles. The summed E-state index contributed by atoms with van der Waals surface area (Å²) in [5.74, 6) is -5.27.